The molecule has 0 aliphatic carbocycles. The molecule has 0 fully saturated rings. The molecule has 0 aliphatic rings. The molecular formula is C12H11IN4O. The highest BCUT2D eigenvalue weighted by Gasteiger charge is 2.10. The SMILES string of the molecule is Cc1c(I)cccc1NC(=O)c1ccc(N)nn1. The normalized spacial score (nSPS) is 10.1. The molecule has 1 aromatic carbocycles. The summed E-state index contributed by atoms with van der Waals surface area (Å²) in [6.45, 7) is 1.95. The Bertz CT molecular complexity index is 583. The number of amides is 1. The average molecular weight is 354 g/mol. The molecule has 0 saturated heterocycles. The van der Waals surface area contributed by atoms with Gasteiger partial charge in [-0.3, -0.25) is 4.79 Å². The van der Waals surface area contributed by atoms with Gasteiger partial charge in [0.1, 0.15) is 5.82 Å². The molecule has 0 aliphatic heterocycles. The number of nitrogens with two attached hydrogens (primary N) is 1. The Balaban J connectivity index is 2.21. The highest BCUT2D eigenvalue weighted by Crippen LogP contribution is 2.20. The van der Waals surface area contributed by atoms with E-state index in [4.69, 9.17) is 5.73 Å². The van der Waals surface area contributed by atoms with Crippen LogP contribution in [0.15, 0.2) is 30.3 Å². The van der Waals surface area contributed by atoms with E-state index in [1.54, 1.807) is 12.1 Å². The molecule has 6 heteroatoms. The van der Waals surface area contributed by atoms with E-state index in [9.17, 15) is 4.79 Å². The predicted molar refractivity (Wildman–Crippen MR) is 78.3 cm³/mol. The van der Waals surface area contributed by atoms with Gasteiger partial charge in [-0.15, -0.1) is 10.2 Å². The number of rotatable bonds is 2. The Morgan fingerprint density at radius 1 is 1.28 bits per heavy atom. The first kappa shape index (κ1) is 12.7. The van der Waals surface area contributed by atoms with Crippen LogP contribution >= 0.6 is 22.6 Å². The topological polar surface area (TPSA) is 80.9 Å². The second kappa shape index (κ2) is 5.30. The number of hydrogen-bond acceptors (Lipinski definition) is 4. The third kappa shape index (κ3) is 2.76. The summed E-state index contributed by atoms with van der Waals surface area (Å²) in [6.07, 6.45) is 0. The van der Waals surface area contributed by atoms with E-state index in [2.05, 4.69) is 38.1 Å². The summed E-state index contributed by atoms with van der Waals surface area (Å²) < 4.78 is 1.09. The lowest BCUT2D eigenvalue weighted by atomic mass is 10.2. The summed E-state index contributed by atoms with van der Waals surface area (Å²) in [5.74, 6) is -0.00964. The van der Waals surface area contributed by atoms with Crippen molar-refractivity contribution in [3.8, 4) is 0 Å². The van der Waals surface area contributed by atoms with Crippen LogP contribution < -0.4 is 11.1 Å². The van der Waals surface area contributed by atoms with Crippen LogP contribution in [0.25, 0.3) is 0 Å². The molecule has 18 heavy (non-hydrogen) atoms. The Morgan fingerprint density at radius 3 is 2.72 bits per heavy atom. The van der Waals surface area contributed by atoms with E-state index in [0.717, 1.165) is 14.8 Å². The summed E-state index contributed by atoms with van der Waals surface area (Å²) in [7, 11) is 0. The van der Waals surface area contributed by atoms with Crippen molar-refractivity contribution in [2.45, 2.75) is 6.92 Å². The molecule has 1 aromatic heterocycles. The fourth-order valence-corrected chi connectivity index (χ4v) is 1.89. The fraction of sp³-hybridized carbons (Fsp3) is 0.0833. The number of halogens is 1. The standard InChI is InChI=1S/C12H11IN4O/c1-7-8(13)3-2-4-9(7)15-12(18)10-5-6-11(14)17-16-10/h2-6H,1H3,(H2,14,17)(H,15,18). The van der Waals surface area contributed by atoms with E-state index in [1.807, 2.05) is 25.1 Å². The molecule has 2 rings (SSSR count). The van der Waals surface area contributed by atoms with Gasteiger partial charge >= 0.3 is 0 Å². The van der Waals surface area contributed by atoms with E-state index in [-0.39, 0.29) is 17.4 Å². The van der Waals surface area contributed by atoms with Gasteiger partial charge in [-0.25, -0.2) is 0 Å². The highest BCUT2D eigenvalue weighted by molar-refractivity contribution is 14.1. The van der Waals surface area contributed by atoms with Gasteiger partial charge < -0.3 is 11.1 Å². The molecular weight excluding hydrogens is 343 g/mol. The van der Waals surface area contributed by atoms with Crippen molar-refractivity contribution >= 4 is 40.0 Å². The maximum absolute atomic E-state index is 11.9. The molecule has 0 spiro atoms. The molecule has 2 aromatic rings. The van der Waals surface area contributed by atoms with Gasteiger partial charge in [-0.05, 0) is 59.3 Å². The largest absolute Gasteiger partial charge is 0.382 e. The van der Waals surface area contributed by atoms with Crippen molar-refractivity contribution in [1.29, 1.82) is 0 Å². The van der Waals surface area contributed by atoms with Crippen LogP contribution in [-0.2, 0) is 0 Å². The molecule has 0 saturated carbocycles. The molecule has 92 valence electrons. The van der Waals surface area contributed by atoms with Crippen LogP contribution in [0.4, 0.5) is 11.5 Å². The molecule has 0 unspecified atom stereocenters. The second-order valence-electron chi connectivity index (χ2n) is 3.71. The lowest BCUT2D eigenvalue weighted by molar-refractivity contribution is 0.102. The summed E-state index contributed by atoms with van der Waals surface area (Å²) >= 11 is 2.22. The van der Waals surface area contributed by atoms with Crippen LogP contribution in [-0.4, -0.2) is 16.1 Å². The van der Waals surface area contributed by atoms with Crippen molar-refractivity contribution in [3.63, 3.8) is 0 Å². The summed E-state index contributed by atoms with van der Waals surface area (Å²) in [5, 5.41) is 10.2. The maximum Gasteiger partial charge on any atom is 0.276 e. The number of carbonyl (C=O) groups is 1. The second-order valence-corrected chi connectivity index (χ2v) is 4.87. The molecule has 1 amide bonds. The number of nitrogen functional groups attached to an aromatic ring is 1. The van der Waals surface area contributed by atoms with Gasteiger partial charge in [-0.1, -0.05) is 6.07 Å². The number of hydrogen-bond donors (Lipinski definition) is 2. The van der Waals surface area contributed by atoms with Gasteiger partial charge in [0, 0.05) is 9.26 Å². The Labute approximate surface area is 118 Å². The van der Waals surface area contributed by atoms with Gasteiger partial charge in [0.25, 0.3) is 5.91 Å². The number of nitrogens with one attached hydrogen (secondary N) is 1. The fourth-order valence-electron chi connectivity index (χ4n) is 1.39. The van der Waals surface area contributed by atoms with Gasteiger partial charge in [-0.2, -0.15) is 0 Å². The lowest BCUT2D eigenvalue weighted by Gasteiger charge is -2.08. The van der Waals surface area contributed by atoms with E-state index in [1.165, 1.54) is 0 Å². The molecule has 5 nitrogen and oxygen atoms in total. The molecule has 0 atom stereocenters. The van der Waals surface area contributed by atoms with Crippen LogP contribution in [0.3, 0.4) is 0 Å². The summed E-state index contributed by atoms with van der Waals surface area (Å²) in [5.41, 5.74) is 7.45. The van der Waals surface area contributed by atoms with Crippen molar-refractivity contribution in [2.24, 2.45) is 0 Å². The van der Waals surface area contributed by atoms with Crippen LogP contribution in [0.2, 0.25) is 0 Å². The number of aromatic nitrogens is 2. The maximum atomic E-state index is 11.9. The number of carbonyl (C=O) groups excluding carboxylic acids is 1. The first-order valence-electron chi connectivity index (χ1n) is 5.23. The van der Waals surface area contributed by atoms with Crippen molar-refractivity contribution in [1.82, 2.24) is 10.2 Å². The number of anilines is 2. The number of nitrogens with zero attached hydrogens (tertiary/aromatic N) is 2. The number of benzene rings is 1. The molecule has 0 bridgehead atoms. The zero-order valence-electron chi connectivity index (χ0n) is 9.64. The predicted octanol–water partition coefficient (Wildman–Crippen LogP) is 2.22. The minimum absolute atomic E-state index is 0.238. The van der Waals surface area contributed by atoms with E-state index in [0.29, 0.717) is 0 Å². The Hall–Kier alpha value is -1.70. The average Bonchev–Trinajstić information content (AvgIpc) is 2.36. The van der Waals surface area contributed by atoms with Crippen molar-refractivity contribution in [3.05, 3.63) is 45.2 Å². The highest BCUT2D eigenvalue weighted by atomic mass is 127. The zero-order chi connectivity index (χ0) is 13.1. The third-order valence-corrected chi connectivity index (χ3v) is 3.60. The minimum Gasteiger partial charge on any atom is -0.382 e. The van der Waals surface area contributed by atoms with Crippen molar-refractivity contribution < 1.29 is 4.79 Å². The van der Waals surface area contributed by atoms with Gasteiger partial charge in [0.15, 0.2) is 5.69 Å². The van der Waals surface area contributed by atoms with E-state index >= 15 is 0 Å². The molecule has 3 N–H and O–H groups in total. The summed E-state index contributed by atoms with van der Waals surface area (Å²) in [6, 6.07) is 8.80. The van der Waals surface area contributed by atoms with Gasteiger partial charge in [0.05, 0.1) is 0 Å². The Kier molecular flexibility index (Phi) is 3.75. The first-order chi connectivity index (χ1) is 8.58. The molecule has 0 radical (unpaired) electrons. The van der Waals surface area contributed by atoms with Crippen LogP contribution in [0.1, 0.15) is 16.1 Å². The smallest absolute Gasteiger partial charge is 0.276 e. The van der Waals surface area contributed by atoms with Gasteiger partial charge in [0.2, 0.25) is 0 Å². The monoisotopic (exact) mass is 354 g/mol. The zero-order valence-corrected chi connectivity index (χ0v) is 11.8. The summed E-state index contributed by atoms with van der Waals surface area (Å²) in [4.78, 5) is 11.9. The van der Waals surface area contributed by atoms with E-state index < -0.39 is 0 Å². The van der Waals surface area contributed by atoms with Crippen LogP contribution in [0.5, 0.6) is 0 Å². The van der Waals surface area contributed by atoms with Crippen molar-refractivity contribution in [2.75, 3.05) is 11.1 Å². The quantitative estimate of drug-likeness (QED) is 0.811. The first-order valence-corrected chi connectivity index (χ1v) is 6.31. The third-order valence-electron chi connectivity index (χ3n) is 2.43. The molecule has 1 heterocycles. The Morgan fingerprint density at radius 2 is 2.06 bits per heavy atom. The lowest BCUT2D eigenvalue weighted by Crippen LogP contribution is -2.15. The van der Waals surface area contributed by atoms with Crippen LogP contribution in [0, 0.1) is 10.5 Å². The minimum atomic E-state index is -0.299.